The molecule has 1 amide bonds. The standard InChI is InChI=1S/C22H28N2O2/c1-3-20(26-21-10-6-5-9-17(21)2)22(25)23-18-11-13-19(14-12-18)24-15-7-4-8-16-24/h5-6,9-14,20H,3-4,7-8,15-16H2,1-2H3,(H,23,25)/t20-/m0/s1. The molecule has 3 rings (SSSR count). The molecule has 1 aliphatic heterocycles. The number of hydrogen-bond acceptors (Lipinski definition) is 3. The van der Waals surface area contributed by atoms with Crippen LogP contribution in [-0.4, -0.2) is 25.1 Å². The monoisotopic (exact) mass is 352 g/mol. The lowest BCUT2D eigenvalue weighted by Crippen LogP contribution is -2.32. The Hall–Kier alpha value is -2.49. The van der Waals surface area contributed by atoms with E-state index in [-0.39, 0.29) is 5.91 Å². The Morgan fingerprint density at radius 3 is 2.42 bits per heavy atom. The van der Waals surface area contributed by atoms with Crippen LogP contribution in [0, 0.1) is 6.92 Å². The molecule has 0 saturated carbocycles. The Morgan fingerprint density at radius 2 is 1.77 bits per heavy atom. The maximum atomic E-state index is 12.6. The van der Waals surface area contributed by atoms with Crippen molar-refractivity contribution in [2.24, 2.45) is 0 Å². The summed E-state index contributed by atoms with van der Waals surface area (Å²) < 4.78 is 5.93. The van der Waals surface area contributed by atoms with Crippen LogP contribution in [0.15, 0.2) is 48.5 Å². The minimum atomic E-state index is -0.502. The topological polar surface area (TPSA) is 41.6 Å². The molecule has 1 heterocycles. The van der Waals surface area contributed by atoms with E-state index in [9.17, 15) is 4.79 Å². The molecule has 0 radical (unpaired) electrons. The third-order valence-corrected chi connectivity index (χ3v) is 4.88. The van der Waals surface area contributed by atoms with Gasteiger partial charge in [0.25, 0.3) is 5.91 Å². The first kappa shape index (κ1) is 18.3. The molecule has 4 nitrogen and oxygen atoms in total. The van der Waals surface area contributed by atoms with Gasteiger partial charge in [-0.05, 0) is 68.5 Å². The number of aryl methyl sites for hydroxylation is 1. The predicted molar refractivity (Wildman–Crippen MR) is 107 cm³/mol. The van der Waals surface area contributed by atoms with Gasteiger partial charge in [-0.15, -0.1) is 0 Å². The van der Waals surface area contributed by atoms with Crippen LogP contribution < -0.4 is 15.0 Å². The Labute approximate surface area is 156 Å². The fraction of sp³-hybridized carbons (Fsp3) is 0.409. The third kappa shape index (κ3) is 4.57. The zero-order valence-corrected chi connectivity index (χ0v) is 15.7. The average Bonchev–Trinajstić information content (AvgIpc) is 2.68. The smallest absolute Gasteiger partial charge is 0.265 e. The van der Waals surface area contributed by atoms with Gasteiger partial charge in [-0.2, -0.15) is 0 Å². The summed E-state index contributed by atoms with van der Waals surface area (Å²) in [4.78, 5) is 15.0. The number of anilines is 2. The van der Waals surface area contributed by atoms with Gasteiger partial charge in [0.1, 0.15) is 5.75 Å². The molecule has 4 heteroatoms. The molecular weight excluding hydrogens is 324 g/mol. The maximum Gasteiger partial charge on any atom is 0.265 e. The SMILES string of the molecule is CC[C@H](Oc1ccccc1C)C(=O)Nc1ccc(N2CCCCC2)cc1. The van der Waals surface area contributed by atoms with E-state index in [2.05, 4.69) is 22.3 Å². The molecule has 0 unspecified atom stereocenters. The van der Waals surface area contributed by atoms with Gasteiger partial charge >= 0.3 is 0 Å². The normalized spacial score (nSPS) is 15.4. The summed E-state index contributed by atoms with van der Waals surface area (Å²) in [7, 11) is 0. The zero-order chi connectivity index (χ0) is 18.4. The number of benzene rings is 2. The van der Waals surface area contributed by atoms with E-state index in [0.29, 0.717) is 6.42 Å². The van der Waals surface area contributed by atoms with Gasteiger partial charge in [-0.1, -0.05) is 25.1 Å². The number of carbonyl (C=O) groups excluding carboxylic acids is 1. The molecule has 1 N–H and O–H groups in total. The second-order valence-corrected chi connectivity index (χ2v) is 6.86. The highest BCUT2D eigenvalue weighted by Crippen LogP contribution is 2.23. The number of carbonyl (C=O) groups is 1. The molecular formula is C22H28N2O2. The molecule has 26 heavy (non-hydrogen) atoms. The molecule has 2 aromatic carbocycles. The van der Waals surface area contributed by atoms with Crippen molar-refractivity contribution in [1.82, 2.24) is 0 Å². The van der Waals surface area contributed by atoms with Crippen molar-refractivity contribution >= 4 is 17.3 Å². The lowest BCUT2D eigenvalue weighted by molar-refractivity contribution is -0.122. The van der Waals surface area contributed by atoms with Gasteiger partial charge in [0.2, 0.25) is 0 Å². The third-order valence-electron chi connectivity index (χ3n) is 4.88. The summed E-state index contributed by atoms with van der Waals surface area (Å²) in [6, 6.07) is 15.9. The Bertz CT molecular complexity index is 721. The first-order valence-electron chi connectivity index (χ1n) is 9.55. The largest absolute Gasteiger partial charge is 0.480 e. The van der Waals surface area contributed by atoms with Gasteiger partial charge in [-0.3, -0.25) is 4.79 Å². The fourth-order valence-electron chi connectivity index (χ4n) is 3.29. The maximum absolute atomic E-state index is 12.6. The number of para-hydroxylation sites is 1. The zero-order valence-electron chi connectivity index (χ0n) is 15.7. The predicted octanol–water partition coefficient (Wildman–Crippen LogP) is 4.78. The summed E-state index contributed by atoms with van der Waals surface area (Å²) in [5, 5.41) is 2.98. The van der Waals surface area contributed by atoms with E-state index in [1.165, 1.54) is 24.9 Å². The van der Waals surface area contributed by atoms with Crippen molar-refractivity contribution in [2.45, 2.75) is 45.6 Å². The van der Waals surface area contributed by atoms with Gasteiger partial charge in [-0.25, -0.2) is 0 Å². The van der Waals surface area contributed by atoms with Crippen LogP contribution in [0.4, 0.5) is 11.4 Å². The summed E-state index contributed by atoms with van der Waals surface area (Å²) >= 11 is 0. The Kier molecular flexibility index (Phi) is 6.16. The van der Waals surface area contributed by atoms with E-state index in [0.717, 1.165) is 30.1 Å². The lowest BCUT2D eigenvalue weighted by Gasteiger charge is -2.29. The van der Waals surface area contributed by atoms with Gasteiger partial charge in [0.05, 0.1) is 0 Å². The van der Waals surface area contributed by atoms with Crippen molar-refractivity contribution in [3.05, 3.63) is 54.1 Å². The minimum Gasteiger partial charge on any atom is -0.480 e. The van der Waals surface area contributed by atoms with Gasteiger partial charge in [0, 0.05) is 24.5 Å². The van der Waals surface area contributed by atoms with Crippen molar-refractivity contribution in [1.29, 1.82) is 0 Å². The molecule has 1 saturated heterocycles. The van der Waals surface area contributed by atoms with Crippen molar-refractivity contribution in [3.8, 4) is 5.75 Å². The van der Waals surface area contributed by atoms with E-state index >= 15 is 0 Å². The molecule has 0 bridgehead atoms. The summed E-state index contributed by atoms with van der Waals surface area (Å²) in [6.45, 7) is 6.18. The highest BCUT2D eigenvalue weighted by molar-refractivity contribution is 5.94. The van der Waals surface area contributed by atoms with Crippen molar-refractivity contribution in [2.75, 3.05) is 23.3 Å². The number of ether oxygens (including phenoxy) is 1. The van der Waals surface area contributed by atoms with Crippen LogP contribution >= 0.6 is 0 Å². The number of hydrogen-bond donors (Lipinski definition) is 1. The molecule has 2 aromatic rings. The van der Waals surface area contributed by atoms with Crippen LogP contribution in [0.2, 0.25) is 0 Å². The highest BCUT2D eigenvalue weighted by Gasteiger charge is 2.19. The number of rotatable bonds is 6. The number of amides is 1. The van der Waals surface area contributed by atoms with Gasteiger partial charge < -0.3 is 15.0 Å². The molecule has 0 aromatic heterocycles. The first-order chi connectivity index (χ1) is 12.7. The van der Waals surface area contributed by atoms with Crippen LogP contribution in [0.3, 0.4) is 0 Å². The molecule has 0 aliphatic carbocycles. The second-order valence-electron chi connectivity index (χ2n) is 6.86. The van der Waals surface area contributed by atoms with Crippen molar-refractivity contribution in [3.63, 3.8) is 0 Å². The molecule has 138 valence electrons. The summed E-state index contributed by atoms with van der Waals surface area (Å²) in [5.41, 5.74) is 3.07. The molecule has 1 atom stereocenters. The summed E-state index contributed by atoms with van der Waals surface area (Å²) in [5.74, 6) is 0.649. The van der Waals surface area contributed by atoms with Crippen molar-refractivity contribution < 1.29 is 9.53 Å². The second kappa shape index (κ2) is 8.75. The minimum absolute atomic E-state index is 0.110. The Balaban J connectivity index is 1.61. The van der Waals surface area contributed by atoms with Crippen LogP contribution in [-0.2, 0) is 4.79 Å². The van der Waals surface area contributed by atoms with E-state index in [1.54, 1.807) is 0 Å². The van der Waals surface area contributed by atoms with E-state index in [1.807, 2.05) is 50.2 Å². The summed E-state index contributed by atoms with van der Waals surface area (Å²) in [6.07, 6.45) is 3.95. The number of nitrogens with zero attached hydrogens (tertiary/aromatic N) is 1. The highest BCUT2D eigenvalue weighted by atomic mass is 16.5. The lowest BCUT2D eigenvalue weighted by atomic mass is 10.1. The number of nitrogens with one attached hydrogen (secondary N) is 1. The van der Waals surface area contributed by atoms with Gasteiger partial charge in [0.15, 0.2) is 6.10 Å². The number of piperidine rings is 1. The Morgan fingerprint density at radius 1 is 1.08 bits per heavy atom. The van der Waals surface area contributed by atoms with Crippen LogP contribution in [0.25, 0.3) is 0 Å². The first-order valence-corrected chi connectivity index (χ1v) is 9.55. The average molecular weight is 352 g/mol. The van der Waals surface area contributed by atoms with E-state index < -0.39 is 6.10 Å². The molecule has 0 spiro atoms. The van der Waals surface area contributed by atoms with Crippen LogP contribution in [0.5, 0.6) is 5.75 Å². The quantitative estimate of drug-likeness (QED) is 0.813. The van der Waals surface area contributed by atoms with E-state index in [4.69, 9.17) is 4.74 Å². The fourth-order valence-corrected chi connectivity index (χ4v) is 3.29. The molecule has 1 fully saturated rings. The van der Waals surface area contributed by atoms with Crippen LogP contribution in [0.1, 0.15) is 38.2 Å². The molecule has 1 aliphatic rings.